The highest BCUT2D eigenvalue weighted by molar-refractivity contribution is 8.00. The minimum Gasteiger partial charge on any atom is -0.351 e. The average Bonchev–Trinajstić information content (AvgIpc) is 2.69. The summed E-state index contributed by atoms with van der Waals surface area (Å²) in [5.74, 6) is 1.32. The maximum atomic E-state index is 11.7. The standard InChI is InChI=1S/C10H20N2OS/c1-2-4-8(7-11)12-10(13)9-5-3-6-14-9/h8-9H,2-7,11H2,1H3,(H,12,13). The summed E-state index contributed by atoms with van der Waals surface area (Å²) in [6.07, 6.45) is 4.25. The van der Waals surface area contributed by atoms with Crippen LogP contribution in [0.15, 0.2) is 0 Å². The summed E-state index contributed by atoms with van der Waals surface area (Å²) in [6, 6.07) is 0.175. The molecule has 82 valence electrons. The highest BCUT2D eigenvalue weighted by Gasteiger charge is 2.24. The summed E-state index contributed by atoms with van der Waals surface area (Å²) in [5, 5.41) is 3.21. The summed E-state index contributed by atoms with van der Waals surface area (Å²) in [6.45, 7) is 2.66. The third kappa shape index (κ3) is 3.50. The van der Waals surface area contributed by atoms with E-state index in [0.29, 0.717) is 6.54 Å². The van der Waals surface area contributed by atoms with E-state index in [-0.39, 0.29) is 17.2 Å². The lowest BCUT2D eigenvalue weighted by atomic mass is 10.1. The van der Waals surface area contributed by atoms with Gasteiger partial charge in [0.1, 0.15) is 0 Å². The van der Waals surface area contributed by atoms with Crippen LogP contribution in [0.5, 0.6) is 0 Å². The number of hydrogen-bond donors (Lipinski definition) is 2. The molecule has 1 saturated heterocycles. The molecule has 0 aliphatic carbocycles. The second kappa shape index (κ2) is 6.30. The van der Waals surface area contributed by atoms with Gasteiger partial charge in [0.2, 0.25) is 5.91 Å². The first-order valence-corrected chi connectivity index (χ1v) is 6.44. The van der Waals surface area contributed by atoms with E-state index in [9.17, 15) is 4.79 Å². The van der Waals surface area contributed by atoms with Crippen LogP contribution in [-0.4, -0.2) is 29.5 Å². The number of carbonyl (C=O) groups is 1. The van der Waals surface area contributed by atoms with E-state index in [1.54, 1.807) is 11.8 Å². The summed E-state index contributed by atoms with van der Waals surface area (Å²) < 4.78 is 0. The molecule has 0 bridgehead atoms. The molecule has 1 fully saturated rings. The first kappa shape index (κ1) is 11.9. The molecule has 0 radical (unpaired) electrons. The molecule has 14 heavy (non-hydrogen) atoms. The Morgan fingerprint density at radius 2 is 2.50 bits per heavy atom. The Morgan fingerprint density at radius 1 is 1.71 bits per heavy atom. The van der Waals surface area contributed by atoms with Crippen LogP contribution in [0.25, 0.3) is 0 Å². The van der Waals surface area contributed by atoms with Crippen LogP contribution in [0, 0.1) is 0 Å². The van der Waals surface area contributed by atoms with Crippen LogP contribution >= 0.6 is 11.8 Å². The number of nitrogens with two attached hydrogens (primary N) is 1. The Balaban J connectivity index is 2.29. The van der Waals surface area contributed by atoms with Crippen molar-refractivity contribution in [3.05, 3.63) is 0 Å². The van der Waals surface area contributed by atoms with Crippen LogP contribution in [0.4, 0.5) is 0 Å². The van der Waals surface area contributed by atoms with Crippen molar-refractivity contribution in [1.82, 2.24) is 5.32 Å². The van der Waals surface area contributed by atoms with Gasteiger partial charge in [-0.1, -0.05) is 13.3 Å². The fraction of sp³-hybridized carbons (Fsp3) is 0.900. The second-order valence-electron chi connectivity index (χ2n) is 3.73. The number of rotatable bonds is 5. The fourth-order valence-electron chi connectivity index (χ4n) is 1.68. The molecule has 2 unspecified atom stereocenters. The maximum absolute atomic E-state index is 11.7. The van der Waals surface area contributed by atoms with E-state index >= 15 is 0 Å². The van der Waals surface area contributed by atoms with E-state index in [1.165, 1.54) is 6.42 Å². The Bertz CT molecular complexity index is 181. The van der Waals surface area contributed by atoms with Gasteiger partial charge in [0.05, 0.1) is 5.25 Å². The summed E-state index contributed by atoms with van der Waals surface area (Å²) >= 11 is 1.77. The molecule has 2 atom stereocenters. The molecular formula is C10H20N2OS. The largest absolute Gasteiger partial charge is 0.351 e. The third-order valence-electron chi connectivity index (χ3n) is 2.49. The summed E-state index contributed by atoms with van der Waals surface area (Å²) in [5.41, 5.74) is 5.58. The van der Waals surface area contributed by atoms with Crippen LogP contribution in [-0.2, 0) is 4.79 Å². The van der Waals surface area contributed by atoms with Crippen molar-refractivity contribution in [3.63, 3.8) is 0 Å². The Labute approximate surface area is 90.2 Å². The van der Waals surface area contributed by atoms with E-state index in [4.69, 9.17) is 5.73 Å². The van der Waals surface area contributed by atoms with E-state index < -0.39 is 0 Å². The van der Waals surface area contributed by atoms with Crippen LogP contribution in [0.2, 0.25) is 0 Å². The number of amides is 1. The lowest BCUT2D eigenvalue weighted by Gasteiger charge is -2.18. The maximum Gasteiger partial charge on any atom is 0.233 e. The second-order valence-corrected chi connectivity index (χ2v) is 5.04. The van der Waals surface area contributed by atoms with Gasteiger partial charge in [-0.05, 0) is 25.0 Å². The number of carbonyl (C=O) groups excluding carboxylic acids is 1. The molecule has 0 aromatic carbocycles. The van der Waals surface area contributed by atoms with Crippen molar-refractivity contribution in [2.24, 2.45) is 5.73 Å². The molecule has 4 heteroatoms. The number of thioether (sulfide) groups is 1. The van der Waals surface area contributed by atoms with Crippen molar-refractivity contribution >= 4 is 17.7 Å². The quantitative estimate of drug-likeness (QED) is 0.724. The normalized spacial score (nSPS) is 23.4. The van der Waals surface area contributed by atoms with Gasteiger partial charge in [0.25, 0.3) is 0 Å². The monoisotopic (exact) mass is 216 g/mol. The van der Waals surface area contributed by atoms with Crippen molar-refractivity contribution in [2.45, 2.75) is 43.9 Å². The lowest BCUT2D eigenvalue weighted by Crippen LogP contribution is -2.43. The minimum atomic E-state index is 0.175. The molecule has 1 heterocycles. The molecule has 1 aliphatic heterocycles. The molecule has 3 nitrogen and oxygen atoms in total. The number of hydrogen-bond acceptors (Lipinski definition) is 3. The Kier molecular flexibility index (Phi) is 5.33. The molecule has 3 N–H and O–H groups in total. The van der Waals surface area contributed by atoms with Gasteiger partial charge in [-0.25, -0.2) is 0 Å². The molecule has 0 aromatic rings. The van der Waals surface area contributed by atoms with Gasteiger partial charge in [-0.2, -0.15) is 0 Å². The number of nitrogens with one attached hydrogen (secondary N) is 1. The van der Waals surface area contributed by atoms with E-state index in [1.807, 2.05) is 0 Å². The zero-order valence-corrected chi connectivity index (χ0v) is 9.61. The molecule has 0 aromatic heterocycles. The fourth-order valence-corrected chi connectivity index (χ4v) is 2.85. The van der Waals surface area contributed by atoms with Crippen molar-refractivity contribution in [1.29, 1.82) is 0 Å². The Morgan fingerprint density at radius 3 is 3.00 bits per heavy atom. The minimum absolute atomic E-state index is 0.175. The third-order valence-corrected chi connectivity index (χ3v) is 3.87. The predicted molar refractivity (Wildman–Crippen MR) is 61.4 cm³/mol. The summed E-state index contributed by atoms with van der Waals surface area (Å²) in [7, 11) is 0. The van der Waals surface area contributed by atoms with Gasteiger partial charge < -0.3 is 11.1 Å². The van der Waals surface area contributed by atoms with Gasteiger partial charge in [0.15, 0.2) is 0 Å². The smallest absolute Gasteiger partial charge is 0.233 e. The first-order valence-electron chi connectivity index (χ1n) is 5.40. The average molecular weight is 216 g/mol. The van der Waals surface area contributed by atoms with Gasteiger partial charge in [0, 0.05) is 12.6 Å². The SMILES string of the molecule is CCCC(CN)NC(=O)C1CCCS1. The highest BCUT2D eigenvalue weighted by atomic mass is 32.2. The highest BCUT2D eigenvalue weighted by Crippen LogP contribution is 2.26. The van der Waals surface area contributed by atoms with Crippen molar-refractivity contribution in [2.75, 3.05) is 12.3 Å². The van der Waals surface area contributed by atoms with Crippen LogP contribution in [0.3, 0.4) is 0 Å². The van der Waals surface area contributed by atoms with Gasteiger partial charge in [-0.15, -0.1) is 11.8 Å². The molecule has 1 aliphatic rings. The van der Waals surface area contributed by atoms with E-state index in [2.05, 4.69) is 12.2 Å². The van der Waals surface area contributed by atoms with Gasteiger partial charge >= 0.3 is 0 Å². The zero-order valence-electron chi connectivity index (χ0n) is 8.79. The molecule has 0 spiro atoms. The first-order chi connectivity index (χ1) is 6.77. The van der Waals surface area contributed by atoms with Crippen molar-refractivity contribution < 1.29 is 4.79 Å². The molecule has 0 saturated carbocycles. The van der Waals surface area contributed by atoms with Crippen LogP contribution < -0.4 is 11.1 Å². The molecule has 1 amide bonds. The van der Waals surface area contributed by atoms with E-state index in [0.717, 1.165) is 25.0 Å². The molecule has 1 rings (SSSR count). The van der Waals surface area contributed by atoms with Crippen molar-refractivity contribution in [3.8, 4) is 0 Å². The van der Waals surface area contributed by atoms with Crippen LogP contribution in [0.1, 0.15) is 32.6 Å². The predicted octanol–water partition coefficient (Wildman–Crippen LogP) is 1.13. The lowest BCUT2D eigenvalue weighted by molar-refractivity contribution is -0.121. The Hall–Kier alpha value is -0.220. The summed E-state index contributed by atoms with van der Waals surface area (Å²) in [4.78, 5) is 11.7. The molecular weight excluding hydrogens is 196 g/mol. The topological polar surface area (TPSA) is 55.1 Å². The zero-order chi connectivity index (χ0) is 10.4. The van der Waals surface area contributed by atoms with Gasteiger partial charge in [-0.3, -0.25) is 4.79 Å².